The maximum absolute atomic E-state index is 5.66. The van der Waals surface area contributed by atoms with E-state index in [1.54, 1.807) is 0 Å². The van der Waals surface area contributed by atoms with Crippen molar-refractivity contribution in [2.24, 2.45) is 0 Å². The Labute approximate surface area is 92.1 Å². The highest BCUT2D eigenvalue weighted by Gasteiger charge is 1.98. The number of alkyl halides is 2. The molecule has 0 saturated heterocycles. The second-order valence-corrected chi connectivity index (χ2v) is 6.39. The molecule has 0 aromatic heterocycles. The average Bonchev–Trinajstić information content (AvgIpc) is 2.14. The zero-order chi connectivity index (χ0) is 9.52. The Hall–Kier alpha value is 0.0169. The number of halogens is 2. The lowest BCUT2D eigenvalue weighted by molar-refractivity contribution is 1.11. The number of hydrogen-bond acceptors (Lipinski definition) is 0. The van der Waals surface area contributed by atoms with Gasteiger partial charge in [0.25, 0.3) is 0 Å². The van der Waals surface area contributed by atoms with Crippen LogP contribution in [0.15, 0.2) is 30.3 Å². The zero-order valence-corrected chi connectivity index (χ0v) is 10.5. The molecule has 0 aliphatic heterocycles. The monoisotopic (exact) mass is 232 g/mol. The van der Waals surface area contributed by atoms with Crippen molar-refractivity contribution in [3.63, 3.8) is 0 Å². The van der Waals surface area contributed by atoms with Crippen LogP contribution in [0.5, 0.6) is 0 Å². The third-order valence-electron chi connectivity index (χ3n) is 1.98. The first-order valence-electron chi connectivity index (χ1n) is 4.61. The van der Waals surface area contributed by atoms with Gasteiger partial charge in [0.2, 0.25) is 0 Å². The van der Waals surface area contributed by atoms with E-state index in [1.807, 2.05) is 0 Å². The lowest BCUT2D eigenvalue weighted by Crippen LogP contribution is -1.97. The van der Waals surface area contributed by atoms with E-state index in [2.05, 4.69) is 30.3 Å². The van der Waals surface area contributed by atoms with Gasteiger partial charge in [0.1, 0.15) is 4.84 Å². The van der Waals surface area contributed by atoms with Crippen LogP contribution in [0.3, 0.4) is 0 Å². The molecule has 1 rings (SSSR count). The van der Waals surface area contributed by atoms with Gasteiger partial charge in [0, 0.05) is 9.52 Å². The highest BCUT2D eigenvalue weighted by atomic mass is 35.5. The molecule has 0 saturated carbocycles. The van der Waals surface area contributed by atoms with Crippen LogP contribution in [0.25, 0.3) is 0 Å². The fourth-order valence-corrected chi connectivity index (χ4v) is 3.45. The first-order chi connectivity index (χ1) is 6.29. The Bertz CT molecular complexity index is 224. The van der Waals surface area contributed by atoms with E-state index in [9.17, 15) is 0 Å². The van der Waals surface area contributed by atoms with Gasteiger partial charge in [-0.2, -0.15) is 0 Å². The predicted octanol–water partition coefficient (Wildman–Crippen LogP) is 3.04. The smallest absolute Gasteiger partial charge is 0.105 e. The van der Waals surface area contributed by atoms with Gasteiger partial charge < -0.3 is 0 Å². The molecule has 0 bridgehead atoms. The quantitative estimate of drug-likeness (QED) is 0.416. The lowest BCUT2D eigenvalue weighted by atomic mass is 10.2. The highest BCUT2D eigenvalue weighted by molar-refractivity contribution is 6.49. The fourth-order valence-electron chi connectivity index (χ4n) is 1.27. The summed E-state index contributed by atoms with van der Waals surface area (Å²) in [4.78, 5) is -0.137. The molecule has 0 atom stereocenters. The normalized spacial score (nSPS) is 11.6. The van der Waals surface area contributed by atoms with E-state index < -0.39 is 0 Å². The minimum absolute atomic E-state index is 0.0439. The van der Waals surface area contributed by atoms with Crippen LogP contribution in [0.1, 0.15) is 5.56 Å². The van der Waals surface area contributed by atoms with E-state index in [0.717, 1.165) is 6.04 Å². The van der Waals surface area contributed by atoms with E-state index in [1.165, 1.54) is 18.0 Å². The molecule has 0 radical (unpaired) electrons. The topological polar surface area (TPSA) is 0 Å². The van der Waals surface area contributed by atoms with Crippen LogP contribution in [0.2, 0.25) is 12.1 Å². The molecule has 0 spiro atoms. The van der Waals surface area contributed by atoms with Crippen LogP contribution < -0.4 is 0 Å². The molecule has 13 heavy (non-hydrogen) atoms. The van der Waals surface area contributed by atoms with Crippen LogP contribution in [-0.2, 0) is 6.42 Å². The van der Waals surface area contributed by atoms with Crippen molar-refractivity contribution in [3.8, 4) is 0 Å². The average molecular weight is 233 g/mol. The summed E-state index contributed by atoms with van der Waals surface area (Å²) < 4.78 is 0. The molecule has 0 aliphatic rings. The molecule has 0 nitrogen and oxygen atoms in total. The van der Waals surface area contributed by atoms with Crippen LogP contribution in [-0.4, -0.2) is 14.4 Å². The lowest BCUT2D eigenvalue weighted by Gasteiger charge is -2.01. The third kappa shape index (κ3) is 5.35. The second kappa shape index (κ2) is 6.47. The van der Waals surface area contributed by atoms with Crippen molar-refractivity contribution in [1.29, 1.82) is 0 Å². The molecular formula is C10H14Cl2Si. The van der Waals surface area contributed by atoms with E-state index in [0.29, 0.717) is 0 Å². The molecule has 0 amide bonds. The minimum atomic E-state index is -0.137. The predicted molar refractivity (Wildman–Crippen MR) is 63.8 cm³/mol. The molecule has 3 heteroatoms. The van der Waals surface area contributed by atoms with Gasteiger partial charge in [0.15, 0.2) is 0 Å². The highest BCUT2D eigenvalue weighted by Crippen LogP contribution is 2.09. The van der Waals surface area contributed by atoms with Gasteiger partial charge in [-0.3, -0.25) is 0 Å². The van der Waals surface area contributed by atoms with Crippen molar-refractivity contribution in [2.75, 3.05) is 0 Å². The van der Waals surface area contributed by atoms with E-state index in [4.69, 9.17) is 23.2 Å². The molecule has 72 valence electrons. The van der Waals surface area contributed by atoms with Gasteiger partial charge in [0.05, 0.1) is 0 Å². The molecule has 1 aromatic carbocycles. The van der Waals surface area contributed by atoms with Crippen LogP contribution in [0.4, 0.5) is 0 Å². The summed E-state index contributed by atoms with van der Waals surface area (Å²) in [6.07, 6.45) is 1.19. The summed E-state index contributed by atoms with van der Waals surface area (Å²) in [7, 11) is -0.0439. The molecule has 0 fully saturated rings. The van der Waals surface area contributed by atoms with Gasteiger partial charge >= 0.3 is 0 Å². The van der Waals surface area contributed by atoms with Crippen molar-refractivity contribution in [3.05, 3.63) is 35.9 Å². The van der Waals surface area contributed by atoms with Gasteiger partial charge in [-0.25, -0.2) is 0 Å². The minimum Gasteiger partial charge on any atom is -0.106 e. The Morgan fingerprint density at radius 3 is 2.46 bits per heavy atom. The fraction of sp³-hybridized carbons (Fsp3) is 0.400. The molecule has 0 unspecified atom stereocenters. The Morgan fingerprint density at radius 2 is 1.85 bits per heavy atom. The number of benzene rings is 1. The summed E-state index contributed by atoms with van der Waals surface area (Å²) in [5.41, 5.74) is 1.43. The van der Waals surface area contributed by atoms with E-state index in [-0.39, 0.29) is 14.4 Å². The summed E-state index contributed by atoms with van der Waals surface area (Å²) in [6.45, 7) is 0. The van der Waals surface area contributed by atoms with Crippen LogP contribution >= 0.6 is 23.2 Å². The van der Waals surface area contributed by atoms with Crippen molar-refractivity contribution >= 4 is 32.7 Å². The molecule has 0 heterocycles. The van der Waals surface area contributed by atoms with Crippen molar-refractivity contribution in [2.45, 2.75) is 23.3 Å². The van der Waals surface area contributed by atoms with Gasteiger partial charge in [-0.15, -0.1) is 23.2 Å². The number of hydrogen-bond donors (Lipinski definition) is 0. The van der Waals surface area contributed by atoms with Gasteiger partial charge in [-0.05, 0) is 18.0 Å². The number of rotatable bonds is 5. The molecule has 0 N–H and O–H groups in total. The third-order valence-corrected chi connectivity index (χ3v) is 4.99. The Kier molecular flexibility index (Phi) is 5.52. The standard InChI is InChI=1S/C10H14Cl2Si/c11-10(12)8-13-7-6-9-4-2-1-3-5-9/h1-5,10H,6-8,13H2. The Balaban J connectivity index is 2.13. The zero-order valence-electron chi connectivity index (χ0n) is 7.55. The van der Waals surface area contributed by atoms with Crippen LogP contribution in [0, 0.1) is 0 Å². The molecular weight excluding hydrogens is 219 g/mol. The summed E-state index contributed by atoms with van der Waals surface area (Å²) >= 11 is 11.3. The van der Waals surface area contributed by atoms with Crippen molar-refractivity contribution in [1.82, 2.24) is 0 Å². The van der Waals surface area contributed by atoms with Crippen molar-refractivity contribution < 1.29 is 0 Å². The van der Waals surface area contributed by atoms with Gasteiger partial charge in [-0.1, -0.05) is 36.4 Å². The SMILES string of the molecule is ClC(Cl)C[SiH2]CCc1ccccc1. The molecule has 0 aliphatic carbocycles. The second-order valence-electron chi connectivity index (χ2n) is 3.12. The summed E-state index contributed by atoms with van der Waals surface area (Å²) in [5, 5.41) is 0. The largest absolute Gasteiger partial charge is 0.106 e. The summed E-state index contributed by atoms with van der Waals surface area (Å²) in [5.74, 6) is 0. The Morgan fingerprint density at radius 1 is 1.15 bits per heavy atom. The first kappa shape index (κ1) is 11.1. The maximum Gasteiger partial charge on any atom is 0.105 e. The molecule has 1 aromatic rings. The maximum atomic E-state index is 5.66. The first-order valence-corrected chi connectivity index (χ1v) is 7.48. The summed E-state index contributed by atoms with van der Waals surface area (Å²) in [6, 6.07) is 12.9. The number of aryl methyl sites for hydroxylation is 1. The van der Waals surface area contributed by atoms with E-state index >= 15 is 0 Å².